The predicted octanol–water partition coefficient (Wildman–Crippen LogP) is 2.21. The zero-order valence-electron chi connectivity index (χ0n) is 8.34. The van der Waals surface area contributed by atoms with Gasteiger partial charge in [-0.3, -0.25) is 0 Å². The van der Waals surface area contributed by atoms with Crippen molar-refractivity contribution < 1.29 is 5.11 Å². The van der Waals surface area contributed by atoms with Crippen molar-refractivity contribution >= 4 is 27.3 Å². The fraction of sp³-hybridized carbons (Fsp3) is 0.400. The Morgan fingerprint density at radius 1 is 1.50 bits per heavy atom. The van der Waals surface area contributed by atoms with Gasteiger partial charge in [-0.1, -0.05) is 0 Å². The number of aliphatic hydroxyl groups excluding tert-OH is 1. The molecule has 0 aromatic heterocycles. The van der Waals surface area contributed by atoms with Gasteiger partial charge in [0.25, 0.3) is 0 Å². The molecule has 0 aliphatic carbocycles. The summed E-state index contributed by atoms with van der Waals surface area (Å²) in [5.41, 5.74) is 6.92. The molecule has 0 radical (unpaired) electrons. The summed E-state index contributed by atoms with van der Waals surface area (Å²) in [5.74, 6) is 0. The number of benzene rings is 1. The molecule has 0 aliphatic rings. The number of rotatable bonds is 3. The molecule has 4 heteroatoms. The average molecular weight is 259 g/mol. The number of hydrogen-bond donors (Lipinski definition) is 3. The Balaban J connectivity index is 2.87. The highest BCUT2D eigenvalue weighted by molar-refractivity contribution is 9.10. The molecule has 0 atom stereocenters. The maximum Gasteiger partial charge on any atom is 0.0656 e. The van der Waals surface area contributed by atoms with Crippen molar-refractivity contribution in [3.63, 3.8) is 0 Å². The van der Waals surface area contributed by atoms with E-state index in [-0.39, 0.29) is 12.1 Å². The van der Waals surface area contributed by atoms with Crippen molar-refractivity contribution in [2.75, 3.05) is 17.7 Å². The van der Waals surface area contributed by atoms with Crippen molar-refractivity contribution in [1.82, 2.24) is 0 Å². The molecule has 3 nitrogen and oxygen atoms in total. The summed E-state index contributed by atoms with van der Waals surface area (Å²) in [7, 11) is 0. The van der Waals surface area contributed by atoms with E-state index in [0.717, 1.165) is 10.2 Å². The molecule has 4 N–H and O–H groups in total. The molecule has 14 heavy (non-hydrogen) atoms. The SMILES string of the molecule is CC(C)(CO)Nc1ccc(N)cc1Br. The molecule has 0 heterocycles. The Hall–Kier alpha value is -0.740. The van der Waals surface area contributed by atoms with Crippen molar-refractivity contribution in [3.05, 3.63) is 22.7 Å². The minimum atomic E-state index is -0.335. The van der Waals surface area contributed by atoms with Crippen molar-refractivity contribution in [3.8, 4) is 0 Å². The second-order valence-electron chi connectivity index (χ2n) is 3.91. The molecule has 0 amide bonds. The summed E-state index contributed by atoms with van der Waals surface area (Å²) >= 11 is 3.40. The molecule has 0 spiro atoms. The van der Waals surface area contributed by atoms with Crippen LogP contribution < -0.4 is 11.1 Å². The van der Waals surface area contributed by atoms with Crippen LogP contribution in [0.3, 0.4) is 0 Å². The topological polar surface area (TPSA) is 58.3 Å². The van der Waals surface area contributed by atoms with Gasteiger partial charge in [-0.2, -0.15) is 0 Å². The lowest BCUT2D eigenvalue weighted by Gasteiger charge is -2.25. The van der Waals surface area contributed by atoms with E-state index < -0.39 is 0 Å². The smallest absolute Gasteiger partial charge is 0.0656 e. The summed E-state index contributed by atoms with van der Waals surface area (Å²) in [5, 5.41) is 12.3. The Morgan fingerprint density at radius 3 is 2.64 bits per heavy atom. The Morgan fingerprint density at radius 2 is 2.14 bits per heavy atom. The van der Waals surface area contributed by atoms with Gasteiger partial charge < -0.3 is 16.2 Å². The van der Waals surface area contributed by atoms with E-state index in [1.54, 1.807) is 0 Å². The molecular formula is C10H15BrN2O. The zero-order valence-corrected chi connectivity index (χ0v) is 9.93. The van der Waals surface area contributed by atoms with Crippen LogP contribution in [0.1, 0.15) is 13.8 Å². The van der Waals surface area contributed by atoms with Crippen molar-refractivity contribution in [1.29, 1.82) is 0 Å². The van der Waals surface area contributed by atoms with Gasteiger partial charge in [-0.25, -0.2) is 0 Å². The van der Waals surface area contributed by atoms with Gasteiger partial charge in [-0.15, -0.1) is 0 Å². The van der Waals surface area contributed by atoms with Crippen LogP contribution in [0.25, 0.3) is 0 Å². The van der Waals surface area contributed by atoms with Crippen LogP contribution in [0, 0.1) is 0 Å². The van der Waals surface area contributed by atoms with Crippen LogP contribution in [0.2, 0.25) is 0 Å². The molecular weight excluding hydrogens is 244 g/mol. The van der Waals surface area contributed by atoms with E-state index in [1.165, 1.54) is 0 Å². The van der Waals surface area contributed by atoms with E-state index in [4.69, 9.17) is 10.8 Å². The highest BCUT2D eigenvalue weighted by Gasteiger charge is 2.16. The molecule has 0 saturated heterocycles. The largest absolute Gasteiger partial charge is 0.399 e. The monoisotopic (exact) mass is 258 g/mol. The molecule has 78 valence electrons. The van der Waals surface area contributed by atoms with Crippen LogP contribution in [0.4, 0.5) is 11.4 Å². The second-order valence-corrected chi connectivity index (χ2v) is 4.76. The number of nitrogens with one attached hydrogen (secondary N) is 1. The number of nitrogen functional groups attached to an aromatic ring is 1. The first kappa shape index (κ1) is 11.3. The molecule has 0 bridgehead atoms. The number of aliphatic hydroxyl groups is 1. The molecule has 0 unspecified atom stereocenters. The van der Waals surface area contributed by atoms with E-state index in [9.17, 15) is 0 Å². The first-order valence-corrected chi connectivity index (χ1v) is 5.18. The van der Waals surface area contributed by atoms with Crippen LogP contribution in [0.15, 0.2) is 22.7 Å². The lowest BCUT2D eigenvalue weighted by Crippen LogP contribution is -2.35. The van der Waals surface area contributed by atoms with Gasteiger partial charge in [-0.05, 0) is 48.0 Å². The number of anilines is 2. The Labute approximate surface area is 92.4 Å². The summed E-state index contributed by atoms with van der Waals surface area (Å²) in [6, 6.07) is 5.53. The van der Waals surface area contributed by atoms with Crippen LogP contribution >= 0.6 is 15.9 Å². The lowest BCUT2D eigenvalue weighted by atomic mass is 10.1. The zero-order chi connectivity index (χ0) is 10.8. The molecule has 0 fully saturated rings. The maximum absolute atomic E-state index is 9.10. The highest BCUT2D eigenvalue weighted by Crippen LogP contribution is 2.27. The number of halogens is 1. The Kier molecular flexibility index (Phi) is 3.39. The first-order chi connectivity index (χ1) is 6.44. The first-order valence-electron chi connectivity index (χ1n) is 4.39. The summed E-state index contributed by atoms with van der Waals surface area (Å²) in [6.45, 7) is 3.93. The minimum Gasteiger partial charge on any atom is -0.399 e. The average Bonchev–Trinajstić information content (AvgIpc) is 2.10. The van der Waals surface area contributed by atoms with Crippen LogP contribution in [0.5, 0.6) is 0 Å². The molecule has 1 aromatic rings. The van der Waals surface area contributed by atoms with Crippen molar-refractivity contribution in [2.45, 2.75) is 19.4 Å². The fourth-order valence-electron chi connectivity index (χ4n) is 1.04. The summed E-state index contributed by atoms with van der Waals surface area (Å²) in [6.07, 6.45) is 0. The maximum atomic E-state index is 9.10. The summed E-state index contributed by atoms with van der Waals surface area (Å²) < 4.78 is 0.902. The van der Waals surface area contributed by atoms with Gasteiger partial charge >= 0.3 is 0 Å². The molecule has 1 rings (SSSR count). The van der Waals surface area contributed by atoms with Gasteiger partial charge in [0, 0.05) is 15.8 Å². The van der Waals surface area contributed by atoms with E-state index in [0.29, 0.717) is 5.69 Å². The molecule has 0 aliphatic heterocycles. The van der Waals surface area contributed by atoms with Gasteiger partial charge in [0.05, 0.1) is 12.1 Å². The fourth-order valence-corrected chi connectivity index (χ4v) is 1.53. The van der Waals surface area contributed by atoms with Gasteiger partial charge in [0.2, 0.25) is 0 Å². The van der Waals surface area contributed by atoms with Gasteiger partial charge in [0.1, 0.15) is 0 Å². The van der Waals surface area contributed by atoms with Crippen LogP contribution in [-0.2, 0) is 0 Å². The third-order valence-electron chi connectivity index (χ3n) is 1.86. The number of nitrogens with two attached hydrogens (primary N) is 1. The molecule has 0 saturated carbocycles. The van der Waals surface area contributed by atoms with E-state index >= 15 is 0 Å². The number of hydrogen-bond acceptors (Lipinski definition) is 3. The van der Waals surface area contributed by atoms with Gasteiger partial charge in [0.15, 0.2) is 0 Å². The third-order valence-corrected chi connectivity index (χ3v) is 2.52. The predicted molar refractivity (Wildman–Crippen MR) is 63.3 cm³/mol. The quantitative estimate of drug-likeness (QED) is 0.729. The standard InChI is InChI=1S/C10H15BrN2O/c1-10(2,6-14)13-9-4-3-7(12)5-8(9)11/h3-5,13-14H,6,12H2,1-2H3. The van der Waals surface area contributed by atoms with E-state index in [1.807, 2.05) is 32.0 Å². The highest BCUT2D eigenvalue weighted by atomic mass is 79.9. The second kappa shape index (κ2) is 4.19. The minimum absolute atomic E-state index is 0.0732. The Bertz CT molecular complexity index is 326. The van der Waals surface area contributed by atoms with Crippen LogP contribution in [-0.4, -0.2) is 17.3 Å². The normalized spacial score (nSPS) is 11.4. The summed E-state index contributed by atoms with van der Waals surface area (Å²) in [4.78, 5) is 0. The van der Waals surface area contributed by atoms with Crippen molar-refractivity contribution in [2.24, 2.45) is 0 Å². The lowest BCUT2D eigenvalue weighted by molar-refractivity contribution is 0.234. The van der Waals surface area contributed by atoms with E-state index in [2.05, 4.69) is 21.2 Å². The third kappa shape index (κ3) is 2.89. The molecule has 1 aromatic carbocycles.